The highest BCUT2D eigenvalue weighted by atomic mass is 35.5. The molecular weight excluding hydrogens is 488 g/mol. The van der Waals surface area contributed by atoms with Crippen molar-refractivity contribution in [3.05, 3.63) is 46.6 Å². The van der Waals surface area contributed by atoms with Crippen molar-refractivity contribution in [2.45, 2.75) is 57.2 Å². The summed E-state index contributed by atoms with van der Waals surface area (Å²) in [4.78, 5) is 11.4. The van der Waals surface area contributed by atoms with Crippen LogP contribution < -0.4 is 10.6 Å². The molecule has 3 unspecified atom stereocenters. The van der Waals surface area contributed by atoms with Crippen LogP contribution in [0.1, 0.15) is 49.7 Å². The summed E-state index contributed by atoms with van der Waals surface area (Å²) >= 11 is 6.28. The average Bonchev–Trinajstić information content (AvgIpc) is 2.89. The molecule has 4 saturated carbocycles. The molecule has 4 fully saturated rings. The predicted octanol–water partition coefficient (Wildman–Crippen LogP) is 3.90. The Kier molecular flexibility index (Phi) is 7.87. The number of aromatic nitrogens is 2. The van der Waals surface area contributed by atoms with Gasteiger partial charge in [0.05, 0.1) is 18.9 Å². The molecule has 8 nitrogen and oxygen atoms in total. The van der Waals surface area contributed by atoms with Gasteiger partial charge >= 0.3 is 0 Å². The maximum Gasteiger partial charge on any atom is 0.224 e. The van der Waals surface area contributed by atoms with Gasteiger partial charge in [-0.3, -0.25) is 0 Å². The number of benzene rings is 1. The first-order valence-corrected chi connectivity index (χ1v) is 13.7. The van der Waals surface area contributed by atoms with Gasteiger partial charge in [0.25, 0.3) is 0 Å². The number of hydrogen-bond acceptors (Lipinski definition) is 8. The first kappa shape index (κ1) is 26.2. The minimum atomic E-state index is -0.638. The van der Waals surface area contributed by atoms with E-state index in [4.69, 9.17) is 11.6 Å². The summed E-state index contributed by atoms with van der Waals surface area (Å²) in [6, 6.07) is 10.4. The van der Waals surface area contributed by atoms with Crippen LogP contribution in [0.2, 0.25) is 5.02 Å². The smallest absolute Gasteiger partial charge is 0.224 e. The van der Waals surface area contributed by atoms with Gasteiger partial charge in [0.2, 0.25) is 5.95 Å². The van der Waals surface area contributed by atoms with Gasteiger partial charge in [0.1, 0.15) is 17.5 Å². The Labute approximate surface area is 224 Å². The van der Waals surface area contributed by atoms with E-state index in [1.165, 1.54) is 32.1 Å². The van der Waals surface area contributed by atoms with Crippen molar-refractivity contribution >= 4 is 23.4 Å². The Balaban J connectivity index is 1.24. The molecule has 4 aliphatic rings. The van der Waals surface area contributed by atoms with Crippen LogP contribution >= 0.6 is 11.6 Å². The highest BCUT2D eigenvalue weighted by Gasteiger charge is 2.55. The van der Waals surface area contributed by atoms with Gasteiger partial charge in [0, 0.05) is 30.7 Å². The fourth-order valence-electron chi connectivity index (χ4n) is 7.47. The molecule has 0 spiro atoms. The number of nitrogens with zero attached hydrogens (tertiary/aromatic N) is 4. The fourth-order valence-corrected chi connectivity index (χ4v) is 7.67. The van der Waals surface area contributed by atoms with Gasteiger partial charge in [-0.05, 0) is 80.4 Å². The van der Waals surface area contributed by atoms with Gasteiger partial charge in [0.15, 0.2) is 0 Å². The SMILES string of the molecule is CN(CC[C@H](O)CO)C1[C@@H]2CC3C[C@H]1CC(CNc1nc(NCc4ccccc4Cl)ncc1C#N)(C3)C2. The lowest BCUT2D eigenvalue weighted by Crippen LogP contribution is -2.60. The summed E-state index contributed by atoms with van der Waals surface area (Å²) in [5, 5.41) is 36.1. The second kappa shape index (κ2) is 11.1. The van der Waals surface area contributed by atoms with Gasteiger partial charge in [-0.25, -0.2) is 4.98 Å². The minimum Gasteiger partial charge on any atom is -0.394 e. The largest absolute Gasteiger partial charge is 0.394 e. The number of aliphatic hydroxyl groups excluding tert-OH is 2. The van der Waals surface area contributed by atoms with E-state index in [0.29, 0.717) is 53.2 Å². The van der Waals surface area contributed by atoms with Crippen molar-refractivity contribution in [2.75, 3.05) is 37.4 Å². The molecule has 2 aromatic rings. The molecule has 4 N–H and O–H groups in total. The van der Waals surface area contributed by atoms with E-state index in [1.54, 1.807) is 6.20 Å². The number of anilines is 2. The second-order valence-corrected chi connectivity index (χ2v) is 11.8. The molecule has 198 valence electrons. The maximum atomic E-state index is 9.81. The first-order valence-electron chi connectivity index (χ1n) is 13.4. The molecule has 6 atom stereocenters. The molecule has 0 aliphatic heterocycles. The van der Waals surface area contributed by atoms with Crippen molar-refractivity contribution in [1.82, 2.24) is 14.9 Å². The molecule has 1 aromatic carbocycles. The number of nitriles is 1. The van der Waals surface area contributed by atoms with Crippen LogP contribution in [0.5, 0.6) is 0 Å². The van der Waals surface area contributed by atoms with Crippen molar-refractivity contribution in [3.63, 3.8) is 0 Å². The lowest BCUT2D eigenvalue weighted by Gasteiger charge is -2.62. The Morgan fingerprint density at radius 2 is 1.97 bits per heavy atom. The average molecular weight is 525 g/mol. The summed E-state index contributed by atoms with van der Waals surface area (Å²) in [5.74, 6) is 3.12. The van der Waals surface area contributed by atoms with Gasteiger partial charge in [-0.2, -0.15) is 10.2 Å². The molecule has 4 aliphatic carbocycles. The molecule has 1 heterocycles. The summed E-state index contributed by atoms with van der Waals surface area (Å²) in [5.41, 5.74) is 1.64. The van der Waals surface area contributed by atoms with E-state index in [1.807, 2.05) is 24.3 Å². The number of aliphatic hydroxyl groups is 2. The summed E-state index contributed by atoms with van der Waals surface area (Å²) in [7, 11) is 2.18. The fraction of sp³-hybridized carbons (Fsp3) is 0.607. The first-order chi connectivity index (χ1) is 17.9. The molecular formula is C28H37ClN6O2. The van der Waals surface area contributed by atoms with Gasteiger partial charge in [-0.1, -0.05) is 29.8 Å². The predicted molar refractivity (Wildman–Crippen MR) is 144 cm³/mol. The van der Waals surface area contributed by atoms with Crippen molar-refractivity contribution < 1.29 is 10.2 Å². The van der Waals surface area contributed by atoms with Crippen LogP contribution in [-0.4, -0.2) is 64.0 Å². The highest BCUT2D eigenvalue weighted by molar-refractivity contribution is 6.31. The molecule has 6 rings (SSSR count). The summed E-state index contributed by atoms with van der Waals surface area (Å²) < 4.78 is 0. The normalized spacial score (nSPS) is 28.8. The van der Waals surface area contributed by atoms with Crippen LogP contribution in [0.3, 0.4) is 0 Å². The maximum absolute atomic E-state index is 9.81. The van der Waals surface area contributed by atoms with Crippen LogP contribution in [0, 0.1) is 34.5 Å². The van der Waals surface area contributed by atoms with Crippen LogP contribution in [0.4, 0.5) is 11.8 Å². The Morgan fingerprint density at radius 1 is 1.22 bits per heavy atom. The molecule has 1 aromatic heterocycles. The van der Waals surface area contributed by atoms with E-state index in [9.17, 15) is 15.5 Å². The lowest BCUT2D eigenvalue weighted by molar-refractivity contribution is -0.103. The quantitative estimate of drug-likeness (QED) is 0.349. The van der Waals surface area contributed by atoms with Gasteiger partial charge < -0.3 is 25.7 Å². The molecule has 9 heteroatoms. The van der Waals surface area contributed by atoms with Crippen LogP contribution in [0.15, 0.2) is 30.5 Å². The third-order valence-electron chi connectivity index (χ3n) is 8.82. The number of hydrogen-bond donors (Lipinski definition) is 4. The van der Waals surface area contributed by atoms with E-state index in [0.717, 1.165) is 24.6 Å². The van der Waals surface area contributed by atoms with Crippen LogP contribution in [-0.2, 0) is 6.54 Å². The molecule has 37 heavy (non-hydrogen) atoms. The number of rotatable bonds is 11. The van der Waals surface area contributed by atoms with Gasteiger partial charge in [-0.15, -0.1) is 0 Å². The summed E-state index contributed by atoms with van der Waals surface area (Å²) in [6.45, 7) is 1.95. The summed E-state index contributed by atoms with van der Waals surface area (Å²) in [6.07, 6.45) is 7.70. The molecule has 0 saturated heterocycles. The Hall–Kier alpha value is -2.44. The molecule has 0 radical (unpaired) electrons. The molecule has 4 bridgehead atoms. The second-order valence-electron chi connectivity index (χ2n) is 11.4. The van der Waals surface area contributed by atoms with Crippen LogP contribution in [0.25, 0.3) is 0 Å². The Morgan fingerprint density at radius 3 is 2.68 bits per heavy atom. The van der Waals surface area contributed by atoms with Crippen molar-refractivity contribution in [3.8, 4) is 6.07 Å². The van der Waals surface area contributed by atoms with E-state index >= 15 is 0 Å². The van der Waals surface area contributed by atoms with E-state index in [2.05, 4.69) is 38.6 Å². The highest BCUT2D eigenvalue weighted by Crippen LogP contribution is 2.61. The molecule has 0 amide bonds. The third-order valence-corrected chi connectivity index (χ3v) is 9.19. The zero-order valence-electron chi connectivity index (χ0n) is 21.4. The van der Waals surface area contributed by atoms with Crippen molar-refractivity contribution in [2.24, 2.45) is 23.2 Å². The third kappa shape index (κ3) is 5.70. The monoisotopic (exact) mass is 524 g/mol. The number of halogens is 1. The zero-order valence-corrected chi connectivity index (χ0v) is 22.2. The van der Waals surface area contributed by atoms with E-state index in [-0.39, 0.29) is 12.0 Å². The van der Waals surface area contributed by atoms with Crippen molar-refractivity contribution in [1.29, 1.82) is 5.26 Å². The zero-order chi connectivity index (χ0) is 26.0. The van der Waals surface area contributed by atoms with E-state index < -0.39 is 6.10 Å². The number of nitrogens with one attached hydrogen (secondary N) is 2. The topological polar surface area (TPSA) is 117 Å². The minimum absolute atomic E-state index is 0.173. The lowest BCUT2D eigenvalue weighted by atomic mass is 9.47. The standard InChI is InChI=1S/C28H37ClN6O2/c1-35(7-6-23(37)16-36)25-20-8-18-9-21(25)12-28(10-18,11-20)17-33-26-22(13-30)15-32-27(34-26)31-14-19-4-2-3-5-24(19)29/h2-5,15,18,20-21,23,25,36-37H,6-12,14,16-17H2,1H3,(H2,31,32,33,34)/t18?,20-,21+,23-,25?,28?/m0/s1. The Bertz CT molecular complexity index is 1120.